The number of hydrogen-bond donors (Lipinski definition) is 2. The fourth-order valence-electron chi connectivity index (χ4n) is 3.03. The molecule has 0 spiro atoms. The van der Waals surface area contributed by atoms with Crippen molar-refractivity contribution in [3.8, 4) is 11.5 Å². The van der Waals surface area contributed by atoms with E-state index >= 15 is 0 Å². The number of rotatable bonds is 12. The summed E-state index contributed by atoms with van der Waals surface area (Å²) < 4.78 is 10.9. The predicted octanol–water partition coefficient (Wildman–Crippen LogP) is 3.27. The molecule has 1 rings (SSSR count). The van der Waals surface area contributed by atoms with Crippen LogP contribution in [0.2, 0.25) is 0 Å². The van der Waals surface area contributed by atoms with Crippen molar-refractivity contribution in [3.05, 3.63) is 23.8 Å². The van der Waals surface area contributed by atoms with Gasteiger partial charge in [0.05, 0.1) is 20.8 Å². The Kier molecular flexibility index (Phi) is 11.3. The first-order chi connectivity index (χ1) is 13.1. The monoisotopic (exact) mass is 378 g/mol. The minimum atomic E-state index is 0.366. The highest BCUT2D eigenvalue weighted by Crippen LogP contribution is 2.31. The standard InChI is InChI=1S/C21H38N4O2/c1-7-22-21(24-17(4)12-11-15-25(8-2)9-3)23-16-18-13-10-14-19(26-5)20(18)27-6/h10,13-14,17H,7-9,11-12,15-16H2,1-6H3,(H2,22,23,24). The molecule has 0 aliphatic heterocycles. The Morgan fingerprint density at radius 2 is 1.89 bits per heavy atom. The Morgan fingerprint density at radius 3 is 2.48 bits per heavy atom. The van der Waals surface area contributed by atoms with Crippen molar-refractivity contribution in [1.82, 2.24) is 15.5 Å². The second-order valence-electron chi connectivity index (χ2n) is 6.56. The summed E-state index contributed by atoms with van der Waals surface area (Å²) in [4.78, 5) is 7.19. The van der Waals surface area contributed by atoms with Gasteiger partial charge < -0.3 is 25.0 Å². The molecule has 1 aromatic rings. The highest BCUT2D eigenvalue weighted by molar-refractivity contribution is 5.80. The summed E-state index contributed by atoms with van der Waals surface area (Å²) in [5.74, 6) is 2.30. The number of aliphatic imine (C=N–C) groups is 1. The lowest BCUT2D eigenvalue weighted by atomic mass is 10.1. The molecule has 0 saturated heterocycles. The number of nitrogens with one attached hydrogen (secondary N) is 2. The summed E-state index contributed by atoms with van der Waals surface area (Å²) in [7, 11) is 3.31. The molecule has 0 amide bonds. The van der Waals surface area contributed by atoms with Crippen LogP contribution in [0.15, 0.2) is 23.2 Å². The largest absolute Gasteiger partial charge is 0.493 e. The zero-order chi connectivity index (χ0) is 20.1. The highest BCUT2D eigenvalue weighted by Gasteiger charge is 2.10. The van der Waals surface area contributed by atoms with Crippen molar-refractivity contribution in [1.29, 1.82) is 0 Å². The minimum Gasteiger partial charge on any atom is -0.493 e. The van der Waals surface area contributed by atoms with E-state index in [1.165, 1.54) is 6.42 Å². The topological polar surface area (TPSA) is 58.1 Å². The molecule has 6 heteroatoms. The molecule has 1 aromatic carbocycles. The van der Waals surface area contributed by atoms with Crippen molar-refractivity contribution >= 4 is 5.96 Å². The van der Waals surface area contributed by atoms with Crippen LogP contribution < -0.4 is 20.1 Å². The van der Waals surface area contributed by atoms with Gasteiger partial charge in [-0.1, -0.05) is 26.0 Å². The zero-order valence-electron chi connectivity index (χ0n) is 18.0. The molecule has 1 atom stereocenters. The van der Waals surface area contributed by atoms with Gasteiger partial charge >= 0.3 is 0 Å². The third-order valence-corrected chi connectivity index (χ3v) is 4.63. The van der Waals surface area contributed by atoms with E-state index in [4.69, 9.17) is 14.5 Å². The van der Waals surface area contributed by atoms with Crippen LogP contribution in [0.5, 0.6) is 11.5 Å². The third kappa shape index (κ3) is 8.08. The van der Waals surface area contributed by atoms with E-state index in [0.29, 0.717) is 12.6 Å². The van der Waals surface area contributed by atoms with E-state index in [9.17, 15) is 0 Å². The van der Waals surface area contributed by atoms with Crippen LogP contribution in [-0.4, -0.2) is 57.3 Å². The van der Waals surface area contributed by atoms with Crippen LogP contribution in [0.3, 0.4) is 0 Å². The summed E-state index contributed by atoms with van der Waals surface area (Å²) in [6.07, 6.45) is 2.29. The summed E-state index contributed by atoms with van der Waals surface area (Å²) >= 11 is 0. The van der Waals surface area contributed by atoms with E-state index in [1.807, 2.05) is 18.2 Å². The number of benzene rings is 1. The molecule has 1 unspecified atom stereocenters. The average molecular weight is 379 g/mol. The highest BCUT2D eigenvalue weighted by atomic mass is 16.5. The van der Waals surface area contributed by atoms with Crippen LogP contribution in [-0.2, 0) is 6.54 Å². The SMILES string of the molecule is CCNC(=NCc1cccc(OC)c1OC)NC(C)CCCN(CC)CC. The summed E-state index contributed by atoms with van der Waals surface area (Å²) in [5, 5.41) is 6.84. The number of hydrogen-bond acceptors (Lipinski definition) is 4. The van der Waals surface area contributed by atoms with Crippen molar-refractivity contribution in [2.24, 2.45) is 4.99 Å². The third-order valence-electron chi connectivity index (χ3n) is 4.63. The van der Waals surface area contributed by atoms with Crippen LogP contribution in [0.1, 0.15) is 46.1 Å². The van der Waals surface area contributed by atoms with Gasteiger partial charge in [-0.3, -0.25) is 0 Å². The minimum absolute atomic E-state index is 0.366. The quantitative estimate of drug-likeness (QED) is 0.432. The molecule has 2 N–H and O–H groups in total. The number of methoxy groups -OCH3 is 2. The lowest BCUT2D eigenvalue weighted by molar-refractivity contribution is 0.292. The normalized spacial score (nSPS) is 12.8. The van der Waals surface area contributed by atoms with Gasteiger partial charge in [0.1, 0.15) is 0 Å². The van der Waals surface area contributed by atoms with Crippen molar-refractivity contribution < 1.29 is 9.47 Å². The van der Waals surface area contributed by atoms with Crippen LogP contribution in [0, 0.1) is 0 Å². The van der Waals surface area contributed by atoms with Gasteiger partial charge in [-0.25, -0.2) is 4.99 Å². The van der Waals surface area contributed by atoms with Gasteiger partial charge in [-0.2, -0.15) is 0 Å². The lowest BCUT2D eigenvalue weighted by Crippen LogP contribution is -2.42. The van der Waals surface area contributed by atoms with E-state index in [-0.39, 0.29) is 0 Å². The molecule has 0 heterocycles. The molecule has 154 valence electrons. The fourth-order valence-corrected chi connectivity index (χ4v) is 3.03. The molecular formula is C21H38N4O2. The molecule has 27 heavy (non-hydrogen) atoms. The van der Waals surface area contributed by atoms with E-state index < -0.39 is 0 Å². The molecule has 0 saturated carbocycles. The number of nitrogens with zero attached hydrogens (tertiary/aromatic N) is 2. The predicted molar refractivity (Wildman–Crippen MR) is 114 cm³/mol. The molecule has 0 aliphatic rings. The number of guanidine groups is 1. The van der Waals surface area contributed by atoms with E-state index in [1.54, 1.807) is 14.2 Å². The number of ether oxygens (including phenoxy) is 2. The van der Waals surface area contributed by atoms with E-state index in [0.717, 1.165) is 55.6 Å². The van der Waals surface area contributed by atoms with Gasteiger partial charge in [0.2, 0.25) is 0 Å². The van der Waals surface area contributed by atoms with Gasteiger partial charge in [-0.15, -0.1) is 0 Å². The average Bonchev–Trinajstić information content (AvgIpc) is 2.69. The zero-order valence-corrected chi connectivity index (χ0v) is 18.0. The van der Waals surface area contributed by atoms with Gasteiger partial charge in [0.25, 0.3) is 0 Å². The summed E-state index contributed by atoms with van der Waals surface area (Å²) in [5.41, 5.74) is 1.00. The Hall–Kier alpha value is -1.95. The second-order valence-corrected chi connectivity index (χ2v) is 6.56. The smallest absolute Gasteiger partial charge is 0.191 e. The Balaban J connectivity index is 2.67. The second kappa shape index (κ2) is 13.3. The Morgan fingerprint density at radius 1 is 1.15 bits per heavy atom. The molecular weight excluding hydrogens is 340 g/mol. The molecule has 0 bridgehead atoms. The Bertz CT molecular complexity index is 559. The van der Waals surface area contributed by atoms with Crippen LogP contribution >= 0.6 is 0 Å². The first-order valence-electron chi connectivity index (χ1n) is 10.1. The van der Waals surface area contributed by atoms with Gasteiger partial charge in [0.15, 0.2) is 17.5 Å². The number of para-hydroxylation sites is 1. The van der Waals surface area contributed by atoms with Crippen LogP contribution in [0.25, 0.3) is 0 Å². The Labute approximate surface area is 165 Å². The molecule has 0 fully saturated rings. The first-order valence-corrected chi connectivity index (χ1v) is 10.1. The van der Waals surface area contributed by atoms with E-state index in [2.05, 4.69) is 43.2 Å². The van der Waals surface area contributed by atoms with Crippen LogP contribution in [0.4, 0.5) is 0 Å². The summed E-state index contributed by atoms with van der Waals surface area (Å²) in [6.45, 7) is 13.5. The summed E-state index contributed by atoms with van der Waals surface area (Å²) in [6, 6.07) is 6.24. The maximum absolute atomic E-state index is 5.50. The fraction of sp³-hybridized carbons (Fsp3) is 0.667. The maximum Gasteiger partial charge on any atom is 0.191 e. The molecule has 0 aromatic heterocycles. The van der Waals surface area contributed by atoms with Crippen molar-refractivity contribution in [2.45, 2.75) is 53.1 Å². The molecule has 6 nitrogen and oxygen atoms in total. The molecule has 0 radical (unpaired) electrons. The molecule has 0 aliphatic carbocycles. The van der Waals surface area contributed by atoms with Crippen molar-refractivity contribution in [3.63, 3.8) is 0 Å². The van der Waals surface area contributed by atoms with Gasteiger partial charge in [-0.05, 0) is 52.4 Å². The lowest BCUT2D eigenvalue weighted by Gasteiger charge is -2.21. The maximum atomic E-state index is 5.50. The van der Waals surface area contributed by atoms with Gasteiger partial charge in [0, 0.05) is 18.2 Å². The first kappa shape index (κ1) is 23.1. The van der Waals surface area contributed by atoms with Crippen molar-refractivity contribution in [2.75, 3.05) is 40.4 Å².